The SMILES string of the molecule is CC1Cc2ccc(F)cc2C1C(=O)O. The monoisotopic (exact) mass is 194 g/mol. The Labute approximate surface area is 81.4 Å². The van der Waals surface area contributed by atoms with E-state index in [1.54, 1.807) is 6.07 Å². The van der Waals surface area contributed by atoms with Gasteiger partial charge in [-0.2, -0.15) is 0 Å². The Morgan fingerprint density at radius 2 is 2.29 bits per heavy atom. The predicted molar refractivity (Wildman–Crippen MR) is 49.6 cm³/mol. The second-order valence-corrected chi connectivity index (χ2v) is 3.84. The van der Waals surface area contributed by atoms with Crippen molar-refractivity contribution in [2.45, 2.75) is 19.3 Å². The fraction of sp³-hybridized carbons (Fsp3) is 0.364. The second-order valence-electron chi connectivity index (χ2n) is 3.84. The molecule has 1 aliphatic carbocycles. The Bertz CT molecular complexity index is 387. The van der Waals surface area contributed by atoms with Gasteiger partial charge in [0.25, 0.3) is 0 Å². The van der Waals surface area contributed by atoms with Crippen LogP contribution in [0.2, 0.25) is 0 Å². The summed E-state index contributed by atoms with van der Waals surface area (Å²) in [5.41, 5.74) is 1.61. The fourth-order valence-electron chi connectivity index (χ4n) is 2.19. The third-order valence-electron chi connectivity index (χ3n) is 2.82. The minimum Gasteiger partial charge on any atom is -0.481 e. The Kier molecular flexibility index (Phi) is 2.02. The molecular formula is C11H11FO2. The third kappa shape index (κ3) is 1.29. The van der Waals surface area contributed by atoms with Gasteiger partial charge in [0.15, 0.2) is 0 Å². The summed E-state index contributed by atoms with van der Waals surface area (Å²) in [5, 5.41) is 9.00. The number of rotatable bonds is 1. The van der Waals surface area contributed by atoms with E-state index >= 15 is 0 Å². The van der Waals surface area contributed by atoms with Gasteiger partial charge in [0.05, 0.1) is 5.92 Å². The highest BCUT2D eigenvalue weighted by Gasteiger charge is 2.34. The molecule has 2 unspecified atom stereocenters. The van der Waals surface area contributed by atoms with Crippen LogP contribution in [-0.4, -0.2) is 11.1 Å². The maximum absolute atomic E-state index is 12.9. The van der Waals surface area contributed by atoms with Crippen molar-refractivity contribution in [2.24, 2.45) is 5.92 Å². The van der Waals surface area contributed by atoms with E-state index in [9.17, 15) is 9.18 Å². The van der Waals surface area contributed by atoms with Crippen LogP contribution in [0.5, 0.6) is 0 Å². The lowest BCUT2D eigenvalue weighted by molar-refractivity contribution is -0.139. The zero-order chi connectivity index (χ0) is 10.3. The van der Waals surface area contributed by atoms with E-state index in [1.165, 1.54) is 12.1 Å². The number of carboxylic acid groups (broad SMARTS) is 1. The van der Waals surface area contributed by atoms with E-state index in [0.29, 0.717) is 5.56 Å². The summed E-state index contributed by atoms with van der Waals surface area (Å²) in [7, 11) is 0. The first-order valence-corrected chi connectivity index (χ1v) is 4.60. The average Bonchev–Trinajstić information content (AvgIpc) is 2.40. The van der Waals surface area contributed by atoms with Crippen molar-refractivity contribution in [2.75, 3.05) is 0 Å². The number of benzene rings is 1. The van der Waals surface area contributed by atoms with Gasteiger partial charge in [-0.1, -0.05) is 13.0 Å². The van der Waals surface area contributed by atoms with E-state index < -0.39 is 11.9 Å². The summed E-state index contributed by atoms with van der Waals surface area (Å²) in [6, 6.07) is 4.41. The second kappa shape index (κ2) is 3.08. The molecule has 0 amide bonds. The van der Waals surface area contributed by atoms with E-state index in [-0.39, 0.29) is 11.7 Å². The number of hydrogen-bond acceptors (Lipinski definition) is 1. The van der Waals surface area contributed by atoms with Crippen LogP contribution in [0.15, 0.2) is 18.2 Å². The highest BCUT2D eigenvalue weighted by Crippen LogP contribution is 2.38. The van der Waals surface area contributed by atoms with Crippen LogP contribution >= 0.6 is 0 Å². The highest BCUT2D eigenvalue weighted by molar-refractivity contribution is 5.78. The Hall–Kier alpha value is -1.38. The smallest absolute Gasteiger partial charge is 0.311 e. The molecule has 3 heteroatoms. The van der Waals surface area contributed by atoms with Crippen molar-refractivity contribution >= 4 is 5.97 Å². The van der Waals surface area contributed by atoms with Crippen LogP contribution in [-0.2, 0) is 11.2 Å². The van der Waals surface area contributed by atoms with Crippen molar-refractivity contribution in [1.29, 1.82) is 0 Å². The van der Waals surface area contributed by atoms with Crippen LogP contribution in [0.25, 0.3) is 0 Å². The van der Waals surface area contributed by atoms with Gasteiger partial charge in [0, 0.05) is 0 Å². The quantitative estimate of drug-likeness (QED) is 0.744. The number of carboxylic acids is 1. The lowest BCUT2D eigenvalue weighted by Gasteiger charge is -2.10. The molecule has 0 saturated heterocycles. The minimum absolute atomic E-state index is 0.0595. The summed E-state index contributed by atoms with van der Waals surface area (Å²) < 4.78 is 12.9. The molecule has 74 valence electrons. The topological polar surface area (TPSA) is 37.3 Å². The number of hydrogen-bond donors (Lipinski definition) is 1. The molecule has 0 spiro atoms. The lowest BCUT2D eigenvalue weighted by atomic mass is 9.94. The molecule has 1 N–H and O–H groups in total. The van der Waals surface area contributed by atoms with Crippen LogP contribution in [0, 0.1) is 11.7 Å². The number of fused-ring (bicyclic) bond motifs is 1. The first kappa shape index (κ1) is 9.19. The molecule has 0 saturated carbocycles. The highest BCUT2D eigenvalue weighted by atomic mass is 19.1. The molecule has 0 heterocycles. The largest absolute Gasteiger partial charge is 0.481 e. The van der Waals surface area contributed by atoms with Gasteiger partial charge in [-0.25, -0.2) is 4.39 Å². The zero-order valence-electron chi connectivity index (χ0n) is 7.83. The molecule has 2 atom stereocenters. The predicted octanol–water partition coefficient (Wildman–Crippen LogP) is 2.19. The van der Waals surface area contributed by atoms with Gasteiger partial charge < -0.3 is 5.11 Å². The maximum atomic E-state index is 12.9. The van der Waals surface area contributed by atoms with E-state index in [2.05, 4.69) is 0 Å². The van der Waals surface area contributed by atoms with Crippen LogP contribution in [0.1, 0.15) is 24.0 Å². The molecule has 2 rings (SSSR count). The average molecular weight is 194 g/mol. The van der Waals surface area contributed by atoms with Crippen molar-refractivity contribution in [3.8, 4) is 0 Å². The number of aliphatic carboxylic acids is 1. The first-order chi connectivity index (χ1) is 6.59. The standard InChI is InChI=1S/C11H11FO2/c1-6-4-7-2-3-8(12)5-9(7)10(6)11(13)14/h2-3,5-6,10H,4H2,1H3,(H,13,14). The summed E-state index contributed by atoms with van der Waals surface area (Å²) in [5.74, 6) is -1.70. The molecule has 0 fully saturated rings. The molecule has 1 aromatic carbocycles. The van der Waals surface area contributed by atoms with E-state index in [1.807, 2.05) is 6.92 Å². The summed E-state index contributed by atoms with van der Waals surface area (Å²) in [6.07, 6.45) is 0.729. The van der Waals surface area contributed by atoms with E-state index in [4.69, 9.17) is 5.11 Å². The first-order valence-electron chi connectivity index (χ1n) is 4.60. The molecule has 1 aliphatic rings. The van der Waals surface area contributed by atoms with E-state index in [0.717, 1.165) is 12.0 Å². The fourth-order valence-corrected chi connectivity index (χ4v) is 2.19. The summed E-state index contributed by atoms with van der Waals surface area (Å²) in [6.45, 7) is 1.89. The molecule has 0 radical (unpaired) electrons. The van der Waals surface area contributed by atoms with Crippen molar-refractivity contribution < 1.29 is 14.3 Å². The molecular weight excluding hydrogens is 183 g/mol. The molecule has 0 aromatic heterocycles. The van der Waals surface area contributed by atoms with Gasteiger partial charge in [0.1, 0.15) is 5.82 Å². The molecule has 0 aliphatic heterocycles. The number of carbonyl (C=O) groups is 1. The van der Waals surface area contributed by atoms with Crippen LogP contribution < -0.4 is 0 Å². The van der Waals surface area contributed by atoms with Gasteiger partial charge in [0.2, 0.25) is 0 Å². The normalized spacial score (nSPS) is 24.7. The molecule has 1 aromatic rings. The minimum atomic E-state index is -0.859. The Balaban J connectivity index is 2.49. The molecule has 0 bridgehead atoms. The number of halogens is 1. The Morgan fingerprint density at radius 3 is 2.93 bits per heavy atom. The third-order valence-corrected chi connectivity index (χ3v) is 2.82. The summed E-state index contributed by atoms with van der Waals surface area (Å²) in [4.78, 5) is 11.0. The van der Waals surface area contributed by atoms with Crippen molar-refractivity contribution in [3.63, 3.8) is 0 Å². The van der Waals surface area contributed by atoms with Crippen LogP contribution in [0.4, 0.5) is 4.39 Å². The van der Waals surface area contributed by atoms with Crippen molar-refractivity contribution in [3.05, 3.63) is 35.1 Å². The Morgan fingerprint density at radius 1 is 1.57 bits per heavy atom. The van der Waals surface area contributed by atoms with Gasteiger partial charge in [-0.3, -0.25) is 4.79 Å². The molecule has 2 nitrogen and oxygen atoms in total. The zero-order valence-corrected chi connectivity index (χ0v) is 7.83. The molecule has 14 heavy (non-hydrogen) atoms. The van der Waals surface area contributed by atoms with Crippen molar-refractivity contribution in [1.82, 2.24) is 0 Å². The summed E-state index contributed by atoms with van der Waals surface area (Å²) >= 11 is 0. The lowest BCUT2D eigenvalue weighted by Crippen LogP contribution is -2.14. The van der Waals surface area contributed by atoms with Gasteiger partial charge >= 0.3 is 5.97 Å². The van der Waals surface area contributed by atoms with Crippen LogP contribution in [0.3, 0.4) is 0 Å². The maximum Gasteiger partial charge on any atom is 0.311 e. The van der Waals surface area contributed by atoms with Gasteiger partial charge in [-0.15, -0.1) is 0 Å². The van der Waals surface area contributed by atoms with Gasteiger partial charge in [-0.05, 0) is 35.6 Å².